The minimum Gasteiger partial charge on any atom is -0.481 e. The van der Waals surface area contributed by atoms with Crippen molar-refractivity contribution in [3.63, 3.8) is 0 Å². The van der Waals surface area contributed by atoms with Gasteiger partial charge in [-0.3, -0.25) is 4.79 Å². The van der Waals surface area contributed by atoms with E-state index in [0.29, 0.717) is 11.5 Å². The van der Waals surface area contributed by atoms with Crippen LogP contribution in [0, 0.1) is 0 Å². The molecule has 0 unspecified atom stereocenters. The first-order valence-electron chi connectivity index (χ1n) is 7.91. The molecule has 1 atom stereocenters. The second-order valence-corrected chi connectivity index (χ2v) is 5.40. The summed E-state index contributed by atoms with van der Waals surface area (Å²) in [5.41, 5.74) is 4.65. The highest BCUT2D eigenvalue weighted by atomic mass is 16.5. The summed E-state index contributed by atoms with van der Waals surface area (Å²) in [4.78, 5) is 12.0. The predicted molar refractivity (Wildman–Crippen MR) is 96.4 cm³/mol. The predicted octanol–water partition coefficient (Wildman–Crippen LogP) is 3.86. The molecule has 1 amide bonds. The number of nitrogens with one attached hydrogen (secondary N) is 1. The van der Waals surface area contributed by atoms with Gasteiger partial charge in [0.2, 0.25) is 0 Å². The first-order valence-corrected chi connectivity index (χ1v) is 7.91. The third-order valence-corrected chi connectivity index (χ3v) is 3.55. The molecule has 0 aliphatic carbocycles. The Morgan fingerprint density at radius 2 is 1.76 bits per heavy atom. The van der Waals surface area contributed by atoms with Crippen LogP contribution in [0.3, 0.4) is 0 Å². The smallest absolute Gasteiger partial charge is 0.280 e. The van der Waals surface area contributed by atoms with Crippen molar-refractivity contribution in [1.82, 2.24) is 5.43 Å². The summed E-state index contributed by atoms with van der Waals surface area (Å²) in [6.07, 6.45) is 2.30. The van der Waals surface area contributed by atoms with Crippen LogP contribution in [0.2, 0.25) is 0 Å². The summed E-state index contributed by atoms with van der Waals surface area (Å²) >= 11 is 0. The molecule has 5 nitrogen and oxygen atoms in total. The molecule has 1 aromatic heterocycles. The highest BCUT2D eigenvalue weighted by Gasteiger charge is 2.13. The Bertz CT molecular complexity index is 825. The molecule has 0 radical (unpaired) electrons. The van der Waals surface area contributed by atoms with Crippen molar-refractivity contribution in [3.05, 3.63) is 78.8 Å². The van der Waals surface area contributed by atoms with Crippen molar-refractivity contribution in [2.24, 2.45) is 5.10 Å². The monoisotopic (exact) mass is 334 g/mol. The van der Waals surface area contributed by atoms with Gasteiger partial charge in [-0.25, -0.2) is 5.43 Å². The molecule has 1 N–H and O–H groups in total. The highest BCUT2D eigenvalue weighted by Crippen LogP contribution is 2.22. The minimum atomic E-state index is -0.670. The van der Waals surface area contributed by atoms with Crippen LogP contribution < -0.4 is 10.2 Å². The maximum absolute atomic E-state index is 12.0. The standard InChI is InChI=1S/C20H18N2O3/c1-15(20(23)22-21-14-19-8-5-13-24-19)25-18-11-9-17(10-12-18)16-6-3-2-4-7-16/h2-15H,1H3,(H,22,23)/b21-14-/t15-/m0/s1. The Hall–Kier alpha value is -3.34. The number of rotatable bonds is 6. The van der Waals surface area contributed by atoms with Gasteiger partial charge in [0.1, 0.15) is 11.5 Å². The Morgan fingerprint density at radius 3 is 2.44 bits per heavy atom. The zero-order valence-corrected chi connectivity index (χ0v) is 13.8. The number of nitrogens with zero attached hydrogens (tertiary/aromatic N) is 1. The summed E-state index contributed by atoms with van der Waals surface area (Å²) in [5.74, 6) is 0.845. The van der Waals surface area contributed by atoms with Crippen LogP contribution in [0.15, 0.2) is 82.5 Å². The molecular formula is C20H18N2O3. The van der Waals surface area contributed by atoms with E-state index in [1.807, 2.05) is 54.6 Å². The molecule has 2 aromatic carbocycles. The number of carbonyl (C=O) groups is 1. The number of hydrazone groups is 1. The van der Waals surface area contributed by atoms with E-state index in [4.69, 9.17) is 9.15 Å². The topological polar surface area (TPSA) is 63.8 Å². The maximum atomic E-state index is 12.0. The molecule has 3 aromatic rings. The van der Waals surface area contributed by atoms with Crippen LogP contribution in [0.4, 0.5) is 0 Å². The van der Waals surface area contributed by atoms with Gasteiger partial charge in [0.05, 0.1) is 12.5 Å². The molecule has 0 fully saturated rings. The van der Waals surface area contributed by atoms with Crippen molar-refractivity contribution in [2.75, 3.05) is 0 Å². The maximum Gasteiger partial charge on any atom is 0.280 e. The Morgan fingerprint density at radius 1 is 1.04 bits per heavy atom. The van der Waals surface area contributed by atoms with E-state index in [0.717, 1.165) is 11.1 Å². The van der Waals surface area contributed by atoms with Crippen molar-refractivity contribution < 1.29 is 13.9 Å². The van der Waals surface area contributed by atoms with Gasteiger partial charge in [-0.15, -0.1) is 0 Å². The van der Waals surface area contributed by atoms with Crippen LogP contribution >= 0.6 is 0 Å². The van der Waals surface area contributed by atoms with E-state index in [2.05, 4.69) is 10.5 Å². The summed E-state index contributed by atoms with van der Waals surface area (Å²) in [7, 11) is 0. The quantitative estimate of drug-likeness (QED) is 0.550. The van der Waals surface area contributed by atoms with Crippen molar-refractivity contribution in [1.29, 1.82) is 0 Å². The van der Waals surface area contributed by atoms with E-state index in [9.17, 15) is 4.79 Å². The Labute approximate surface area is 145 Å². The SMILES string of the molecule is C[C@H](Oc1ccc(-c2ccccc2)cc1)C(=O)N/N=C\c1ccco1. The van der Waals surface area contributed by atoms with E-state index in [-0.39, 0.29) is 5.91 Å². The van der Waals surface area contributed by atoms with Gasteiger partial charge in [0.25, 0.3) is 5.91 Å². The molecule has 126 valence electrons. The lowest BCUT2D eigenvalue weighted by Crippen LogP contribution is -2.33. The lowest BCUT2D eigenvalue weighted by molar-refractivity contribution is -0.127. The molecule has 0 spiro atoms. The lowest BCUT2D eigenvalue weighted by Gasteiger charge is -2.13. The summed E-state index contributed by atoms with van der Waals surface area (Å²) in [6, 6.07) is 21.2. The minimum absolute atomic E-state index is 0.338. The van der Waals surface area contributed by atoms with Gasteiger partial charge in [-0.2, -0.15) is 5.10 Å². The summed E-state index contributed by atoms with van der Waals surface area (Å²) < 4.78 is 10.7. The number of hydrogen-bond acceptors (Lipinski definition) is 4. The Balaban J connectivity index is 1.55. The second-order valence-electron chi connectivity index (χ2n) is 5.40. The molecule has 0 saturated heterocycles. The van der Waals surface area contributed by atoms with E-state index >= 15 is 0 Å². The first kappa shape index (κ1) is 16.5. The molecule has 25 heavy (non-hydrogen) atoms. The highest BCUT2D eigenvalue weighted by molar-refractivity contribution is 5.83. The van der Waals surface area contributed by atoms with Crippen molar-refractivity contribution in [3.8, 4) is 16.9 Å². The normalized spacial score (nSPS) is 12.0. The van der Waals surface area contributed by atoms with E-state index in [1.165, 1.54) is 12.5 Å². The molecule has 0 aliphatic rings. The van der Waals surface area contributed by atoms with Crippen LogP contribution in [0.1, 0.15) is 12.7 Å². The van der Waals surface area contributed by atoms with Crippen molar-refractivity contribution in [2.45, 2.75) is 13.0 Å². The third kappa shape index (κ3) is 4.57. The largest absolute Gasteiger partial charge is 0.481 e. The lowest BCUT2D eigenvalue weighted by atomic mass is 10.1. The van der Waals surface area contributed by atoms with Gasteiger partial charge in [0, 0.05) is 0 Å². The molecule has 0 aliphatic heterocycles. The molecule has 0 saturated carbocycles. The molecule has 1 heterocycles. The fourth-order valence-electron chi connectivity index (χ4n) is 2.23. The third-order valence-electron chi connectivity index (χ3n) is 3.55. The number of ether oxygens (including phenoxy) is 1. The zero-order chi connectivity index (χ0) is 17.5. The van der Waals surface area contributed by atoms with E-state index < -0.39 is 6.10 Å². The second kappa shape index (κ2) is 7.97. The molecule has 0 bridgehead atoms. The summed E-state index contributed by atoms with van der Waals surface area (Å²) in [6.45, 7) is 1.67. The summed E-state index contributed by atoms with van der Waals surface area (Å²) in [5, 5.41) is 3.83. The van der Waals surface area contributed by atoms with Gasteiger partial charge in [-0.1, -0.05) is 42.5 Å². The molecular weight excluding hydrogens is 316 g/mol. The van der Waals surface area contributed by atoms with Gasteiger partial charge < -0.3 is 9.15 Å². The number of amides is 1. The van der Waals surface area contributed by atoms with Crippen LogP contribution in [-0.2, 0) is 4.79 Å². The van der Waals surface area contributed by atoms with Crippen LogP contribution in [-0.4, -0.2) is 18.2 Å². The first-order chi connectivity index (χ1) is 12.2. The average molecular weight is 334 g/mol. The fraction of sp³-hybridized carbons (Fsp3) is 0.100. The number of hydrogen-bond donors (Lipinski definition) is 1. The van der Waals surface area contributed by atoms with Gasteiger partial charge in [-0.05, 0) is 42.3 Å². The average Bonchev–Trinajstić information content (AvgIpc) is 3.16. The van der Waals surface area contributed by atoms with Crippen molar-refractivity contribution >= 4 is 12.1 Å². The number of furan rings is 1. The number of carbonyl (C=O) groups excluding carboxylic acids is 1. The molecule has 3 rings (SSSR count). The van der Waals surface area contributed by atoms with Crippen LogP contribution in [0.5, 0.6) is 5.75 Å². The fourth-order valence-corrected chi connectivity index (χ4v) is 2.23. The van der Waals surface area contributed by atoms with Gasteiger partial charge in [0.15, 0.2) is 6.10 Å². The number of benzene rings is 2. The Kier molecular flexibility index (Phi) is 5.26. The van der Waals surface area contributed by atoms with Gasteiger partial charge >= 0.3 is 0 Å². The van der Waals surface area contributed by atoms with Crippen LogP contribution in [0.25, 0.3) is 11.1 Å². The van der Waals surface area contributed by atoms with E-state index in [1.54, 1.807) is 19.1 Å². The zero-order valence-electron chi connectivity index (χ0n) is 13.8. The molecule has 5 heteroatoms.